The summed E-state index contributed by atoms with van der Waals surface area (Å²) in [6, 6.07) is 9.23. The van der Waals surface area contributed by atoms with E-state index in [1.54, 1.807) is 0 Å². The fraction of sp³-hybridized carbons (Fsp3) is 0.500. The number of esters is 2. The number of hydrogen-bond donors (Lipinski definition) is 0. The molecule has 1 aromatic carbocycles. The molecule has 4 nitrogen and oxygen atoms in total. The minimum Gasteiger partial charge on any atom is -0.469 e. The topological polar surface area (TPSA) is 52.6 Å². The molecular formula is C16H22O4. The number of benzene rings is 1. The molecule has 110 valence electrons. The molecule has 0 fully saturated rings. The van der Waals surface area contributed by atoms with E-state index in [0.29, 0.717) is 6.42 Å². The zero-order chi connectivity index (χ0) is 15.2. The third-order valence-corrected chi connectivity index (χ3v) is 3.44. The van der Waals surface area contributed by atoms with E-state index in [2.05, 4.69) is 4.74 Å². The molecule has 0 radical (unpaired) electrons. The molecular weight excluding hydrogens is 256 g/mol. The number of carbonyl (C=O) groups is 2. The summed E-state index contributed by atoms with van der Waals surface area (Å²) in [4.78, 5) is 23.7. The monoisotopic (exact) mass is 278 g/mol. The Morgan fingerprint density at radius 2 is 1.80 bits per heavy atom. The highest BCUT2D eigenvalue weighted by Crippen LogP contribution is 2.28. The second-order valence-corrected chi connectivity index (χ2v) is 5.32. The quantitative estimate of drug-likeness (QED) is 0.749. The Labute approximate surface area is 120 Å². The van der Waals surface area contributed by atoms with Gasteiger partial charge < -0.3 is 9.47 Å². The van der Waals surface area contributed by atoms with Gasteiger partial charge in [-0.05, 0) is 25.8 Å². The number of ether oxygens (including phenoxy) is 2. The third kappa shape index (κ3) is 4.37. The SMILES string of the molecule is CCC(C)(C)C(=O)OC(CC(=O)OC)c1ccccc1. The molecule has 0 aliphatic carbocycles. The first-order chi connectivity index (χ1) is 9.40. The van der Waals surface area contributed by atoms with Gasteiger partial charge >= 0.3 is 11.9 Å². The van der Waals surface area contributed by atoms with Crippen LogP contribution in [-0.4, -0.2) is 19.0 Å². The molecule has 20 heavy (non-hydrogen) atoms. The molecule has 0 aliphatic rings. The Kier molecular flexibility index (Phi) is 5.74. The van der Waals surface area contributed by atoms with E-state index in [1.165, 1.54) is 7.11 Å². The van der Waals surface area contributed by atoms with E-state index in [-0.39, 0.29) is 12.4 Å². The van der Waals surface area contributed by atoms with Crippen LogP contribution in [0.15, 0.2) is 30.3 Å². The van der Waals surface area contributed by atoms with Crippen molar-refractivity contribution in [2.45, 2.75) is 39.7 Å². The van der Waals surface area contributed by atoms with Crippen molar-refractivity contribution >= 4 is 11.9 Å². The summed E-state index contributed by atoms with van der Waals surface area (Å²) in [5.41, 5.74) is 0.224. The highest BCUT2D eigenvalue weighted by atomic mass is 16.6. The van der Waals surface area contributed by atoms with Crippen molar-refractivity contribution in [1.29, 1.82) is 0 Å². The largest absolute Gasteiger partial charge is 0.469 e. The van der Waals surface area contributed by atoms with Gasteiger partial charge in [0, 0.05) is 0 Å². The standard InChI is InChI=1S/C16H22O4/c1-5-16(2,3)15(18)20-13(11-14(17)19-4)12-9-7-6-8-10-12/h6-10,13H,5,11H2,1-4H3. The summed E-state index contributed by atoms with van der Waals surface area (Å²) in [5, 5.41) is 0. The molecule has 0 N–H and O–H groups in total. The maximum atomic E-state index is 12.2. The predicted octanol–water partition coefficient (Wildman–Crippen LogP) is 3.27. The Hall–Kier alpha value is -1.84. The van der Waals surface area contributed by atoms with E-state index < -0.39 is 17.5 Å². The summed E-state index contributed by atoms with van der Waals surface area (Å²) < 4.78 is 10.2. The van der Waals surface area contributed by atoms with Crippen LogP contribution >= 0.6 is 0 Å². The highest BCUT2D eigenvalue weighted by Gasteiger charge is 2.31. The lowest BCUT2D eigenvalue weighted by Crippen LogP contribution is -2.28. The summed E-state index contributed by atoms with van der Waals surface area (Å²) in [6.45, 7) is 5.59. The van der Waals surface area contributed by atoms with Crippen molar-refractivity contribution < 1.29 is 19.1 Å². The van der Waals surface area contributed by atoms with Gasteiger partial charge in [-0.25, -0.2) is 0 Å². The van der Waals surface area contributed by atoms with Crippen molar-refractivity contribution in [2.75, 3.05) is 7.11 Å². The Balaban J connectivity index is 2.89. The maximum absolute atomic E-state index is 12.2. The van der Waals surface area contributed by atoms with Gasteiger partial charge in [-0.2, -0.15) is 0 Å². The number of hydrogen-bond acceptors (Lipinski definition) is 4. The molecule has 0 amide bonds. The van der Waals surface area contributed by atoms with E-state index in [4.69, 9.17) is 4.74 Å². The van der Waals surface area contributed by atoms with E-state index >= 15 is 0 Å². The van der Waals surface area contributed by atoms with Gasteiger partial charge in [0.25, 0.3) is 0 Å². The molecule has 0 spiro atoms. The van der Waals surface area contributed by atoms with E-state index in [0.717, 1.165) is 5.56 Å². The molecule has 0 saturated carbocycles. The molecule has 4 heteroatoms. The van der Waals surface area contributed by atoms with Crippen LogP contribution < -0.4 is 0 Å². The van der Waals surface area contributed by atoms with Gasteiger partial charge in [-0.15, -0.1) is 0 Å². The molecule has 1 aromatic rings. The van der Waals surface area contributed by atoms with Gasteiger partial charge in [-0.3, -0.25) is 9.59 Å². The van der Waals surface area contributed by atoms with Crippen LogP contribution in [0.4, 0.5) is 0 Å². The molecule has 0 aliphatic heterocycles. The van der Waals surface area contributed by atoms with E-state index in [1.807, 2.05) is 51.1 Å². The molecule has 0 aromatic heterocycles. The smallest absolute Gasteiger partial charge is 0.312 e. The van der Waals surface area contributed by atoms with Crippen molar-refractivity contribution in [3.8, 4) is 0 Å². The summed E-state index contributed by atoms with van der Waals surface area (Å²) in [7, 11) is 1.32. The van der Waals surface area contributed by atoms with Gasteiger partial charge in [0.2, 0.25) is 0 Å². The highest BCUT2D eigenvalue weighted by molar-refractivity contribution is 5.77. The summed E-state index contributed by atoms with van der Waals surface area (Å²) in [5.74, 6) is -0.710. The van der Waals surface area contributed by atoms with Crippen LogP contribution in [0.2, 0.25) is 0 Å². The molecule has 1 unspecified atom stereocenters. The predicted molar refractivity (Wildman–Crippen MR) is 76.0 cm³/mol. The van der Waals surface area contributed by atoms with Crippen LogP contribution in [0.5, 0.6) is 0 Å². The Morgan fingerprint density at radius 1 is 1.20 bits per heavy atom. The number of carbonyl (C=O) groups excluding carboxylic acids is 2. The number of rotatable bonds is 6. The van der Waals surface area contributed by atoms with Gasteiger partial charge in [0.1, 0.15) is 6.10 Å². The number of methoxy groups -OCH3 is 1. The molecule has 0 heterocycles. The van der Waals surface area contributed by atoms with Gasteiger partial charge in [0.15, 0.2) is 0 Å². The first kappa shape index (κ1) is 16.2. The minimum atomic E-state index is -0.609. The third-order valence-electron chi connectivity index (χ3n) is 3.44. The second-order valence-electron chi connectivity index (χ2n) is 5.32. The molecule has 1 atom stereocenters. The van der Waals surface area contributed by atoms with Crippen LogP contribution in [0.25, 0.3) is 0 Å². The molecule has 0 bridgehead atoms. The van der Waals surface area contributed by atoms with Crippen LogP contribution in [-0.2, 0) is 19.1 Å². The molecule has 0 saturated heterocycles. The average Bonchev–Trinajstić information content (AvgIpc) is 2.47. The molecule has 1 rings (SSSR count). The minimum absolute atomic E-state index is 0.0199. The van der Waals surface area contributed by atoms with Gasteiger partial charge in [0.05, 0.1) is 18.9 Å². The Morgan fingerprint density at radius 3 is 2.30 bits per heavy atom. The second kappa shape index (κ2) is 7.08. The fourth-order valence-corrected chi connectivity index (χ4v) is 1.56. The first-order valence-corrected chi connectivity index (χ1v) is 6.73. The van der Waals surface area contributed by atoms with Crippen molar-refractivity contribution in [1.82, 2.24) is 0 Å². The van der Waals surface area contributed by atoms with Crippen molar-refractivity contribution in [3.63, 3.8) is 0 Å². The average molecular weight is 278 g/mol. The van der Waals surface area contributed by atoms with Crippen molar-refractivity contribution in [3.05, 3.63) is 35.9 Å². The van der Waals surface area contributed by atoms with Crippen LogP contribution in [0.3, 0.4) is 0 Å². The van der Waals surface area contributed by atoms with Crippen LogP contribution in [0, 0.1) is 5.41 Å². The zero-order valence-corrected chi connectivity index (χ0v) is 12.5. The maximum Gasteiger partial charge on any atom is 0.312 e. The fourth-order valence-electron chi connectivity index (χ4n) is 1.56. The Bertz CT molecular complexity index is 451. The lowest BCUT2D eigenvalue weighted by molar-refractivity contribution is -0.163. The van der Waals surface area contributed by atoms with Crippen LogP contribution in [0.1, 0.15) is 45.3 Å². The van der Waals surface area contributed by atoms with E-state index in [9.17, 15) is 9.59 Å². The first-order valence-electron chi connectivity index (χ1n) is 6.73. The lowest BCUT2D eigenvalue weighted by Gasteiger charge is -2.25. The summed E-state index contributed by atoms with van der Waals surface area (Å²) >= 11 is 0. The zero-order valence-electron chi connectivity index (χ0n) is 12.5. The van der Waals surface area contributed by atoms with Crippen molar-refractivity contribution in [2.24, 2.45) is 5.41 Å². The lowest BCUT2D eigenvalue weighted by atomic mass is 9.90. The summed E-state index contributed by atoms with van der Waals surface area (Å²) in [6.07, 6.45) is 0.0828. The normalized spacial score (nSPS) is 12.6. The van der Waals surface area contributed by atoms with Gasteiger partial charge in [-0.1, -0.05) is 37.3 Å².